The Morgan fingerprint density at radius 2 is 1.63 bits per heavy atom. The summed E-state index contributed by atoms with van der Waals surface area (Å²) in [6.07, 6.45) is 0. The highest BCUT2D eigenvalue weighted by Gasteiger charge is 2.26. The van der Waals surface area contributed by atoms with Crippen molar-refractivity contribution < 1.29 is 19.0 Å². The summed E-state index contributed by atoms with van der Waals surface area (Å²) in [5.74, 6) is 2.20. The monoisotopic (exact) mass is 547 g/mol. The van der Waals surface area contributed by atoms with Gasteiger partial charge in [-0.25, -0.2) is 9.50 Å². The van der Waals surface area contributed by atoms with Crippen LogP contribution < -0.4 is 14.2 Å². The third kappa shape index (κ3) is 4.85. The van der Waals surface area contributed by atoms with Crippen LogP contribution >= 0.6 is 0 Å². The Labute approximate surface area is 237 Å². The number of methoxy groups -OCH3 is 1. The third-order valence-corrected chi connectivity index (χ3v) is 7.60. The molecule has 1 amide bonds. The molecule has 9 nitrogen and oxygen atoms in total. The maximum Gasteiger partial charge on any atom is 0.272 e. The predicted molar refractivity (Wildman–Crippen MR) is 154 cm³/mol. The molecule has 0 unspecified atom stereocenters. The largest absolute Gasteiger partial charge is 0.496 e. The Morgan fingerprint density at radius 1 is 0.854 bits per heavy atom. The normalized spacial score (nSPS) is 14.9. The fourth-order valence-corrected chi connectivity index (χ4v) is 5.44. The number of amides is 1. The molecule has 5 aromatic rings. The fraction of sp³-hybridized carbons (Fsp3) is 0.219. The van der Waals surface area contributed by atoms with Crippen molar-refractivity contribution in [1.82, 2.24) is 24.4 Å². The molecule has 41 heavy (non-hydrogen) atoms. The van der Waals surface area contributed by atoms with Crippen LogP contribution in [0.15, 0.2) is 84.9 Å². The molecule has 0 N–H and O–H groups in total. The molecule has 206 valence electrons. The summed E-state index contributed by atoms with van der Waals surface area (Å²) in [5, 5.41) is 4.82. The highest BCUT2D eigenvalue weighted by atomic mass is 16.7. The Kier molecular flexibility index (Phi) is 6.48. The van der Waals surface area contributed by atoms with Crippen molar-refractivity contribution in [3.05, 3.63) is 96.2 Å². The minimum atomic E-state index is -0.0704. The van der Waals surface area contributed by atoms with Crippen LogP contribution in [0, 0.1) is 0 Å². The number of para-hydroxylation sites is 1. The van der Waals surface area contributed by atoms with Gasteiger partial charge >= 0.3 is 0 Å². The summed E-state index contributed by atoms with van der Waals surface area (Å²) in [6, 6.07) is 27.5. The van der Waals surface area contributed by atoms with Gasteiger partial charge in [0.05, 0.1) is 18.5 Å². The number of piperazine rings is 1. The summed E-state index contributed by atoms with van der Waals surface area (Å²) < 4.78 is 18.2. The van der Waals surface area contributed by atoms with Crippen LogP contribution in [0.5, 0.6) is 17.2 Å². The van der Waals surface area contributed by atoms with E-state index in [-0.39, 0.29) is 12.7 Å². The molecule has 0 spiro atoms. The van der Waals surface area contributed by atoms with Gasteiger partial charge in [0.15, 0.2) is 17.1 Å². The highest BCUT2D eigenvalue weighted by Crippen LogP contribution is 2.33. The third-order valence-electron chi connectivity index (χ3n) is 7.60. The van der Waals surface area contributed by atoms with Gasteiger partial charge in [0.2, 0.25) is 6.79 Å². The van der Waals surface area contributed by atoms with Gasteiger partial charge in [-0.1, -0.05) is 48.5 Å². The zero-order valence-corrected chi connectivity index (χ0v) is 22.7. The molecule has 4 heterocycles. The van der Waals surface area contributed by atoms with Crippen molar-refractivity contribution in [2.45, 2.75) is 6.54 Å². The van der Waals surface area contributed by atoms with Crippen LogP contribution in [-0.2, 0) is 6.54 Å². The van der Waals surface area contributed by atoms with Crippen molar-refractivity contribution in [3.8, 4) is 39.8 Å². The molecule has 0 saturated carbocycles. The Morgan fingerprint density at radius 3 is 2.46 bits per heavy atom. The lowest BCUT2D eigenvalue weighted by atomic mass is 10.1. The van der Waals surface area contributed by atoms with Gasteiger partial charge in [0.25, 0.3) is 5.91 Å². The van der Waals surface area contributed by atoms with E-state index in [4.69, 9.17) is 24.3 Å². The first-order valence-electron chi connectivity index (χ1n) is 13.7. The van der Waals surface area contributed by atoms with Gasteiger partial charge in [-0.3, -0.25) is 9.69 Å². The molecule has 2 aliphatic rings. The number of ether oxygens (including phenoxy) is 3. The Balaban J connectivity index is 1.17. The van der Waals surface area contributed by atoms with Crippen LogP contribution in [0.1, 0.15) is 16.1 Å². The second-order valence-corrected chi connectivity index (χ2v) is 10.1. The van der Waals surface area contributed by atoms with Crippen molar-refractivity contribution in [2.24, 2.45) is 0 Å². The van der Waals surface area contributed by atoms with Crippen molar-refractivity contribution in [1.29, 1.82) is 0 Å². The number of nitrogens with zero attached hydrogens (tertiary/aromatic N) is 5. The number of carbonyl (C=O) groups excluding carboxylic acids is 1. The van der Waals surface area contributed by atoms with Crippen molar-refractivity contribution >= 4 is 11.6 Å². The molecule has 3 aromatic carbocycles. The quantitative estimate of drug-likeness (QED) is 0.303. The lowest BCUT2D eigenvalue weighted by molar-refractivity contribution is 0.0620. The molecular weight excluding hydrogens is 518 g/mol. The Hall–Kier alpha value is -4.89. The van der Waals surface area contributed by atoms with Gasteiger partial charge in [-0.2, -0.15) is 5.10 Å². The first-order valence-corrected chi connectivity index (χ1v) is 13.7. The lowest BCUT2D eigenvalue weighted by Crippen LogP contribution is -2.48. The molecule has 9 heteroatoms. The first-order chi connectivity index (χ1) is 20.2. The number of rotatable bonds is 6. The van der Waals surface area contributed by atoms with Crippen molar-refractivity contribution in [3.63, 3.8) is 0 Å². The average Bonchev–Trinajstić information content (AvgIpc) is 3.68. The smallest absolute Gasteiger partial charge is 0.272 e. The topological polar surface area (TPSA) is 81.4 Å². The molecule has 1 fully saturated rings. The molecule has 0 aliphatic carbocycles. The van der Waals surface area contributed by atoms with Gasteiger partial charge in [-0.05, 0) is 35.9 Å². The molecule has 2 aromatic heterocycles. The second kappa shape index (κ2) is 10.6. The van der Waals surface area contributed by atoms with Crippen LogP contribution in [0.25, 0.3) is 28.2 Å². The predicted octanol–water partition coefficient (Wildman–Crippen LogP) is 4.76. The van der Waals surface area contributed by atoms with Gasteiger partial charge in [0.1, 0.15) is 11.4 Å². The number of aromatic nitrogens is 3. The van der Waals surface area contributed by atoms with Gasteiger partial charge in [-0.15, -0.1) is 0 Å². The number of hydrogen-bond donors (Lipinski definition) is 0. The van der Waals surface area contributed by atoms with E-state index in [0.717, 1.165) is 53.5 Å². The number of carbonyl (C=O) groups is 1. The summed E-state index contributed by atoms with van der Waals surface area (Å²) in [5.41, 5.74) is 5.46. The average molecular weight is 548 g/mol. The standard InChI is InChI=1S/C32H29N5O4/c1-39-28-10-6-5-9-24(28)26-18-27(37-31(33-26)19-25(34-37)23-7-3-2-4-8-23)32(38)36-15-13-35(14-16-36)20-22-11-12-29-30(17-22)41-21-40-29/h2-12,17-19H,13-16,20-21H2,1H3. The fourth-order valence-electron chi connectivity index (χ4n) is 5.44. The Bertz CT molecular complexity index is 1730. The minimum absolute atomic E-state index is 0.0704. The summed E-state index contributed by atoms with van der Waals surface area (Å²) in [7, 11) is 1.64. The lowest BCUT2D eigenvalue weighted by Gasteiger charge is -2.34. The molecule has 0 radical (unpaired) electrons. The summed E-state index contributed by atoms with van der Waals surface area (Å²) >= 11 is 0. The van der Waals surface area contributed by atoms with Crippen LogP contribution in [-0.4, -0.2) is 70.4 Å². The molecule has 2 aliphatic heterocycles. The SMILES string of the molecule is COc1ccccc1-c1cc(C(=O)N2CCN(Cc3ccc4c(c3)OCO4)CC2)n2nc(-c3ccccc3)cc2n1. The second-order valence-electron chi connectivity index (χ2n) is 10.1. The number of fused-ring (bicyclic) bond motifs is 2. The van der Waals surface area contributed by atoms with Crippen LogP contribution in [0.4, 0.5) is 0 Å². The van der Waals surface area contributed by atoms with Gasteiger partial charge in [0, 0.05) is 49.9 Å². The van der Waals surface area contributed by atoms with E-state index < -0.39 is 0 Å². The molecule has 1 saturated heterocycles. The van der Waals surface area contributed by atoms with E-state index >= 15 is 0 Å². The van der Waals surface area contributed by atoms with E-state index in [9.17, 15) is 4.79 Å². The zero-order valence-electron chi connectivity index (χ0n) is 22.7. The van der Waals surface area contributed by atoms with Crippen molar-refractivity contribution in [2.75, 3.05) is 40.1 Å². The van der Waals surface area contributed by atoms with E-state index in [1.807, 2.05) is 83.8 Å². The molecule has 7 rings (SSSR count). The zero-order chi connectivity index (χ0) is 27.8. The van der Waals surface area contributed by atoms with Crippen LogP contribution in [0.3, 0.4) is 0 Å². The maximum atomic E-state index is 14.0. The molecular formula is C32H29N5O4. The van der Waals surface area contributed by atoms with E-state index in [0.29, 0.717) is 35.9 Å². The van der Waals surface area contributed by atoms with E-state index in [1.54, 1.807) is 11.6 Å². The molecule has 0 atom stereocenters. The van der Waals surface area contributed by atoms with Crippen LogP contribution in [0.2, 0.25) is 0 Å². The minimum Gasteiger partial charge on any atom is -0.496 e. The summed E-state index contributed by atoms with van der Waals surface area (Å²) in [4.78, 5) is 23.2. The number of benzene rings is 3. The summed E-state index contributed by atoms with van der Waals surface area (Å²) in [6.45, 7) is 3.82. The van der Waals surface area contributed by atoms with Gasteiger partial charge < -0.3 is 19.1 Å². The number of hydrogen-bond acceptors (Lipinski definition) is 7. The highest BCUT2D eigenvalue weighted by molar-refractivity contribution is 5.94. The van der Waals surface area contributed by atoms with E-state index in [1.165, 1.54) is 0 Å². The first kappa shape index (κ1) is 25.1. The molecule has 0 bridgehead atoms. The maximum absolute atomic E-state index is 14.0. The van der Waals surface area contributed by atoms with E-state index in [2.05, 4.69) is 11.0 Å².